The molecule has 108 valence electrons. The summed E-state index contributed by atoms with van der Waals surface area (Å²) in [5.74, 6) is 1.65. The molecule has 3 N–H and O–H groups in total. The fourth-order valence-corrected chi connectivity index (χ4v) is 2.35. The van der Waals surface area contributed by atoms with Crippen LogP contribution >= 0.6 is 0 Å². The van der Waals surface area contributed by atoms with Gasteiger partial charge in [0.05, 0.1) is 12.3 Å². The number of benzene rings is 1. The standard InChI is InChI=1S/C15H16N4O2/c16-15(18-20)11-6-7-17-14(10-11)19-8-3-9-21-13-5-2-1-4-12(13)19/h1-2,4-7,10,20H,3,8-9H2,(H2,16,18). The number of rotatable bonds is 2. The van der Waals surface area contributed by atoms with Crippen LogP contribution in [0.3, 0.4) is 0 Å². The molecule has 0 unspecified atom stereocenters. The van der Waals surface area contributed by atoms with Crippen LogP contribution in [0.2, 0.25) is 0 Å². The Bertz CT molecular complexity index is 672. The van der Waals surface area contributed by atoms with Gasteiger partial charge in [0.15, 0.2) is 5.84 Å². The van der Waals surface area contributed by atoms with Gasteiger partial charge in [-0.15, -0.1) is 0 Å². The van der Waals surface area contributed by atoms with Crippen molar-refractivity contribution < 1.29 is 9.94 Å². The molecule has 21 heavy (non-hydrogen) atoms. The first kappa shape index (κ1) is 13.2. The quantitative estimate of drug-likeness (QED) is 0.382. The van der Waals surface area contributed by atoms with Gasteiger partial charge in [-0.3, -0.25) is 0 Å². The maximum atomic E-state index is 8.80. The summed E-state index contributed by atoms with van der Waals surface area (Å²) in [7, 11) is 0. The first-order valence-corrected chi connectivity index (χ1v) is 6.73. The van der Waals surface area contributed by atoms with Crippen LogP contribution < -0.4 is 15.4 Å². The number of amidine groups is 1. The van der Waals surface area contributed by atoms with Gasteiger partial charge >= 0.3 is 0 Å². The van der Waals surface area contributed by atoms with Crippen molar-refractivity contribution in [1.29, 1.82) is 0 Å². The lowest BCUT2D eigenvalue weighted by Crippen LogP contribution is -2.20. The third-order valence-electron chi connectivity index (χ3n) is 3.37. The van der Waals surface area contributed by atoms with E-state index >= 15 is 0 Å². The van der Waals surface area contributed by atoms with Crippen molar-refractivity contribution in [3.8, 4) is 5.75 Å². The third kappa shape index (κ3) is 2.60. The fraction of sp³-hybridized carbons (Fsp3) is 0.200. The number of nitrogens with two attached hydrogens (primary N) is 1. The smallest absolute Gasteiger partial charge is 0.170 e. The van der Waals surface area contributed by atoms with Crippen molar-refractivity contribution >= 4 is 17.3 Å². The van der Waals surface area contributed by atoms with Crippen LogP contribution in [0.1, 0.15) is 12.0 Å². The number of para-hydroxylation sites is 2. The summed E-state index contributed by atoms with van der Waals surface area (Å²) in [5.41, 5.74) is 7.25. The predicted octanol–water partition coefficient (Wildman–Crippen LogP) is 2.10. The van der Waals surface area contributed by atoms with Gasteiger partial charge in [0.2, 0.25) is 0 Å². The van der Waals surface area contributed by atoms with Crippen molar-refractivity contribution in [3.05, 3.63) is 48.2 Å². The lowest BCUT2D eigenvalue weighted by atomic mass is 10.2. The normalized spacial score (nSPS) is 15.0. The molecular formula is C15H16N4O2. The van der Waals surface area contributed by atoms with Crippen LogP contribution in [0.4, 0.5) is 11.5 Å². The number of aromatic nitrogens is 1. The summed E-state index contributed by atoms with van der Waals surface area (Å²) in [6.45, 7) is 1.47. The molecule has 2 heterocycles. The van der Waals surface area contributed by atoms with Gasteiger partial charge in [-0.2, -0.15) is 0 Å². The van der Waals surface area contributed by atoms with Crippen molar-refractivity contribution in [1.82, 2.24) is 4.98 Å². The van der Waals surface area contributed by atoms with Crippen LogP contribution in [0.25, 0.3) is 0 Å². The summed E-state index contributed by atoms with van der Waals surface area (Å²) >= 11 is 0. The molecule has 0 fully saturated rings. The summed E-state index contributed by atoms with van der Waals surface area (Å²) < 4.78 is 5.74. The molecule has 0 spiro atoms. The highest BCUT2D eigenvalue weighted by atomic mass is 16.5. The average molecular weight is 284 g/mol. The van der Waals surface area contributed by atoms with Gasteiger partial charge in [-0.25, -0.2) is 4.98 Å². The maximum absolute atomic E-state index is 8.80. The van der Waals surface area contributed by atoms with E-state index < -0.39 is 0 Å². The van der Waals surface area contributed by atoms with Crippen LogP contribution in [0, 0.1) is 0 Å². The highest BCUT2D eigenvalue weighted by Crippen LogP contribution is 2.34. The SMILES string of the molecule is N/C(=N/O)c1ccnc(N2CCCOc3ccccc32)c1. The fourth-order valence-electron chi connectivity index (χ4n) is 2.35. The zero-order chi connectivity index (χ0) is 14.7. The first-order chi connectivity index (χ1) is 10.3. The Morgan fingerprint density at radius 1 is 1.33 bits per heavy atom. The van der Waals surface area contributed by atoms with E-state index in [-0.39, 0.29) is 5.84 Å². The highest BCUT2D eigenvalue weighted by molar-refractivity contribution is 5.97. The lowest BCUT2D eigenvalue weighted by molar-refractivity contribution is 0.318. The topological polar surface area (TPSA) is 84.0 Å². The van der Waals surface area contributed by atoms with Crippen LogP contribution in [-0.2, 0) is 0 Å². The number of oxime groups is 1. The van der Waals surface area contributed by atoms with Gasteiger partial charge in [0.1, 0.15) is 11.6 Å². The van der Waals surface area contributed by atoms with Gasteiger partial charge in [-0.05, 0) is 30.7 Å². The molecule has 1 aliphatic rings. The minimum atomic E-state index is 0.0676. The summed E-state index contributed by atoms with van der Waals surface area (Å²) in [6.07, 6.45) is 2.54. The molecule has 0 aliphatic carbocycles. The average Bonchev–Trinajstić information content (AvgIpc) is 2.76. The molecule has 3 rings (SSSR count). The van der Waals surface area contributed by atoms with E-state index in [0.29, 0.717) is 12.2 Å². The molecule has 0 radical (unpaired) electrons. The summed E-state index contributed by atoms with van der Waals surface area (Å²) in [5, 5.41) is 11.8. The lowest BCUT2D eigenvalue weighted by Gasteiger charge is -2.23. The molecule has 0 bridgehead atoms. The van der Waals surface area contributed by atoms with Crippen molar-refractivity contribution in [3.63, 3.8) is 0 Å². The number of fused-ring (bicyclic) bond motifs is 1. The summed E-state index contributed by atoms with van der Waals surface area (Å²) in [6, 6.07) is 11.4. The minimum Gasteiger partial charge on any atom is -0.491 e. The van der Waals surface area contributed by atoms with Crippen LogP contribution in [-0.4, -0.2) is 29.2 Å². The second kappa shape index (κ2) is 5.70. The molecule has 1 aromatic carbocycles. The number of nitrogens with zero attached hydrogens (tertiary/aromatic N) is 3. The van der Waals surface area contributed by atoms with Gasteiger partial charge in [0, 0.05) is 18.3 Å². The summed E-state index contributed by atoms with van der Waals surface area (Å²) in [4.78, 5) is 6.48. The molecule has 6 heteroatoms. The number of ether oxygens (including phenoxy) is 1. The Morgan fingerprint density at radius 2 is 2.19 bits per heavy atom. The van der Waals surface area contributed by atoms with Gasteiger partial charge in [-0.1, -0.05) is 17.3 Å². The Kier molecular flexibility index (Phi) is 3.59. The maximum Gasteiger partial charge on any atom is 0.170 e. The van der Waals surface area contributed by atoms with E-state index in [9.17, 15) is 0 Å². The van der Waals surface area contributed by atoms with E-state index in [2.05, 4.69) is 15.0 Å². The molecular weight excluding hydrogens is 268 g/mol. The van der Waals surface area contributed by atoms with E-state index in [1.165, 1.54) is 0 Å². The largest absolute Gasteiger partial charge is 0.491 e. The van der Waals surface area contributed by atoms with Crippen LogP contribution in [0.5, 0.6) is 5.75 Å². The number of hydrogen-bond donors (Lipinski definition) is 2. The Labute approximate surface area is 122 Å². The molecule has 6 nitrogen and oxygen atoms in total. The van der Waals surface area contributed by atoms with Crippen molar-refractivity contribution in [2.75, 3.05) is 18.1 Å². The Balaban J connectivity index is 2.04. The minimum absolute atomic E-state index is 0.0676. The zero-order valence-electron chi connectivity index (χ0n) is 11.4. The Morgan fingerprint density at radius 3 is 3.05 bits per heavy atom. The van der Waals surface area contributed by atoms with E-state index in [1.807, 2.05) is 24.3 Å². The van der Waals surface area contributed by atoms with Crippen LogP contribution in [0.15, 0.2) is 47.8 Å². The van der Waals surface area contributed by atoms with E-state index in [1.54, 1.807) is 18.3 Å². The van der Waals surface area contributed by atoms with Crippen molar-refractivity contribution in [2.24, 2.45) is 10.9 Å². The third-order valence-corrected chi connectivity index (χ3v) is 3.37. The first-order valence-electron chi connectivity index (χ1n) is 6.73. The highest BCUT2D eigenvalue weighted by Gasteiger charge is 2.18. The Hall–Kier alpha value is -2.76. The molecule has 0 amide bonds. The molecule has 1 aliphatic heterocycles. The molecule has 0 saturated heterocycles. The zero-order valence-corrected chi connectivity index (χ0v) is 11.4. The number of pyridine rings is 1. The molecule has 0 atom stereocenters. The molecule has 2 aromatic rings. The predicted molar refractivity (Wildman–Crippen MR) is 80.3 cm³/mol. The van der Waals surface area contributed by atoms with Gasteiger partial charge in [0.25, 0.3) is 0 Å². The number of anilines is 2. The second-order valence-electron chi connectivity index (χ2n) is 4.71. The van der Waals surface area contributed by atoms with E-state index in [4.69, 9.17) is 15.7 Å². The molecule has 0 saturated carbocycles. The molecule has 1 aromatic heterocycles. The number of hydrogen-bond acceptors (Lipinski definition) is 5. The second-order valence-corrected chi connectivity index (χ2v) is 4.71. The van der Waals surface area contributed by atoms with Crippen molar-refractivity contribution in [2.45, 2.75) is 6.42 Å². The monoisotopic (exact) mass is 284 g/mol. The van der Waals surface area contributed by atoms with E-state index in [0.717, 1.165) is 30.2 Å². The van der Waals surface area contributed by atoms with Gasteiger partial charge < -0.3 is 20.6 Å².